The van der Waals surface area contributed by atoms with E-state index < -0.39 is 0 Å². The zero-order valence-corrected chi connectivity index (χ0v) is 13.2. The molecule has 4 bridgehead atoms. The molecule has 4 aliphatic carbocycles. The van der Waals surface area contributed by atoms with Gasteiger partial charge in [-0.05, 0) is 89.5 Å². The molecule has 0 aromatic rings. The maximum atomic E-state index is 6.21. The lowest BCUT2D eigenvalue weighted by molar-refractivity contribution is -0.0684. The smallest absolute Gasteiger partial charge is 0.0226 e. The lowest BCUT2D eigenvalue weighted by atomic mass is 9.50. The van der Waals surface area contributed by atoms with E-state index in [0.29, 0.717) is 6.04 Å². The number of hydrogen-bond acceptors (Lipinski definition) is 2. The highest BCUT2D eigenvalue weighted by atomic mass is 15.1. The Kier molecular flexibility index (Phi) is 3.46. The summed E-state index contributed by atoms with van der Waals surface area (Å²) in [5.41, 5.74) is 6.13. The van der Waals surface area contributed by atoms with Gasteiger partial charge in [-0.1, -0.05) is 0 Å². The van der Waals surface area contributed by atoms with Gasteiger partial charge in [0.05, 0.1) is 0 Å². The topological polar surface area (TPSA) is 29.3 Å². The van der Waals surface area contributed by atoms with Crippen molar-refractivity contribution in [1.82, 2.24) is 4.90 Å². The maximum absolute atomic E-state index is 6.21. The lowest BCUT2D eigenvalue weighted by Crippen LogP contribution is -2.55. The fraction of sp³-hybridized carbons (Fsp3) is 1.00. The van der Waals surface area contributed by atoms with Gasteiger partial charge >= 0.3 is 0 Å². The van der Waals surface area contributed by atoms with Gasteiger partial charge in [0.1, 0.15) is 0 Å². The zero-order valence-electron chi connectivity index (χ0n) is 13.2. The highest BCUT2D eigenvalue weighted by Gasteiger charge is 2.50. The van der Waals surface area contributed by atoms with Crippen LogP contribution in [-0.2, 0) is 0 Å². The molecule has 4 saturated carbocycles. The van der Waals surface area contributed by atoms with Gasteiger partial charge in [-0.3, -0.25) is 0 Å². The third-order valence-electron chi connectivity index (χ3n) is 6.21. The van der Waals surface area contributed by atoms with Crippen molar-refractivity contribution in [2.24, 2.45) is 35.3 Å². The molecule has 2 nitrogen and oxygen atoms in total. The Morgan fingerprint density at radius 1 is 1.05 bits per heavy atom. The summed E-state index contributed by atoms with van der Waals surface area (Å²) in [5, 5.41) is 0. The minimum Gasteiger partial charge on any atom is -0.324 e. The molecule has 0 heterocycles. The van der Waals surface area contributed by atoms with Crippen LogP contribution in [-0.4, -0.2) is 30.1 Å². The molecule has 1 atom stereocenters. The van der Waals surface area contributed by atoms with Gasteiger partial charge in [-0.15, -0.1) is 0 Å². The summed E-state index contributed by atoms with van der Waals surface area (Å²) in [6, 6.07) is 0.706. The quantitative estimate of drug-likeness (QED) is 0.845. The normalized spacial score (nSPS) is 42.9. The van der Waals surface area contributed by atoms with Crippen molar-refractivity contribution >= 4 is 0 Å². The first kappa shape index (κ1) is 13.9. The number of nitrogens with two attached hydrogens (primary N) is 1. The molecular formula is C17H32N2. The summed E-state index contributed by atoms with van der Waals surface area (Å²) in [5.74, 6) is 5.16. The van der Waals surface area contributed by atoms with Gasteiger partial charge in [-0.25, -0.2) is 0 Å². The molecule has 2 N–H and O–H groups in total. The predicted molar refractivity (Wildman–Crippen MR) is 80.9 cm³/mol. The van der Waals surface area contributed by atoms with Gasteiger partial charge in [0.15, 0.2) is 0 Å². The van der Waals surface area contributed by atoms with Crippen LogP contribution >= 0.6 is 0 Å². The minimum atomic E-state index is -0.0745. The van der Waals surface area contributed by atoms with E-state index in [1.165, 1.54) is 25.7 Å². The van der Waals surface area contributed by atoms with Gasteiger partial charge in [0, 0.05) is 18.1 Å². The monoisotopic (exact) mass is 264 g/mol. The molecule has 4 rings (SSSR count). The zero-order chi connectivity index (χ0) is 13.8. The second-order valence-corrected chi connectivity index (χ2v) is 8.65. The Hall–Kier alpha value is -0.0800. The van der Waals surface area contributed by atoms with Crippen LogP contribution in [0.2, 0.25) is 0 Å². The van der Waals surface area contributed by atoms with E-state index in [-0.39, 0.29) is 5.54 Å². The van der Waals surface area contributed by atoms with Gasteiger partial charge in [0.25, 0.3) is 0 Å². The fourth-order valence-corrected chi connectivity index (χ4v) is 5.84. The highest BCUT2D eigenvalue weighted by molar-refractivity contribution is 5.01. The molecule has 0 aliphatic heterocycles. The third-order valence-corrected chi connectivity index (χ3v) is 6.21. The average Bonchev–Trinajstić information content (AvgIpc) is 2.24. The molecule has 110 valence electrons. The molecule has 1 unspecified atom stereocenters. The van der Waals surface area contributed by atoms with E-state index in [1.54, 1.807) is 6.42 Å². The average molecular weight is 264 g/mol. The van der Waals surface area contributed by atoms with E-state index in [0.717, 1.165) is 36.1 Å². The van der Waals surface area contributed by atoms with Crippen LogP contribution < -0.4 is 5.73 Å². The summed E-state index contributed by atoms with van der Waals surface area (Å²) in [4.78, 5) is 2.53. The van der Waals surface area contributed by atoms with E-state index >= 15 is 0 Å². The molecular weight excluding hydrogens is 232 g/mol. The van der Waals surface area contributed by atoms with Crippen molar-refractivity contribution in [2.45, 2.75) is 64.5 Å². The molecule has 0 aromatic heterocycles. The molecule has 0 aromatic carbocycles. The third kappa shape index (κ3) is 2.71. The van der Waals surface area contributed by atoms with Crippen molar-refractivity contribution in [3.8, 4) is 0 Å². The summed E-state index contributed by atoms with van der Waals surface area (Å²) in [7, 11) is 2.28. The van der Waals surface area contributed by atoms with E-state index in [9.17, 15) is 0 Å². The first-order chi connectivity index (χ1) is 8.83. The number of nitrogens with zero attached hydrogens (tertiary/aromatic N) is 1. The molecule has 4 aliphatic rings. The van der Waals surface area contributed by atoms with E-state index in [2.05, 4.69) is 32.7 Å². The van der Waals surface area contributed by atoms with Crippen LogP contribution in [0.5, 0.6) is 0 Å². The van der Waals surface area contributed by atoms with Crippen molar-refractivity contribution < 1.29 is 0 Å². The number of likely N-dealkylation sites (N-methyl/N-ethyl adjacent to an activating group) is 1. The van der Waals surface area contributed by atoms with Crippen LogP contribution in [0.4, 0.5) is 0 Å². The van der Waals surface area contributed by atoms with Crippen molar-refractivity contribution in [2.75, 3.05) is 13.6 Å². The molecule has 0 amide bonds. The fourth-order valence-electron chi connectivity index (χ4n) is 5.84. The van der Waals surface area contributed by atoms with E-state index in [1.807, 2.05) is 0 Å². The van der Waals surface area contributed by atoms with Crippen molar-refractivity contribution in [3.05, 3.63) is 0 Å². The standard InChI is InChI=1S/C17H32N2/c1-11(19(4)10-17(2,3)18)16-14-6-12-5-13(8-14)9-15(16)7-12/h11-16H,5-10,18H2,1-4H3. The Morgan fingerprint density at radius 2 is 1.53 bits per heavy atom. The first-order valence-electron chi connectivity index (χ1n) is 8.32. The van der Waals surface area contributed by atoms with Crippen molar-refractivity contribution in [1.29, 1.82) is 0 Å². The van der Waals surface area contributed by atoms with Crippen molar-refractivity contribution in [3.63, 3.8) is 0 Å². The lowest BCUT2D eigenvalue weighted by Gasteiger charge is -2.57. The highest BCUT2D eigenvalue weighted by Crippen LogP contribution is 2.57. The van der Waals surface area contributed by atoms with Crippen LogP contribution in [0.3, 0.4) is 0 Å². The number of rotatable bonds is 4. The van der Waals surface area contributed by atoms with Crippen LogP contribution in [0, 0.1) is 29.6 Å². The SMILES string of the molecule is CC(C1C2CC3CC(C2)CC1C3)N(C)CC(C)(C)N. The Labute approximate surface area is 119 Å². The van der Waals surface area contributed by atoms with Crippen LogP contribution in [0.25, 0.3) is 0 Å². The van der Waals surface area contributed by atoms with Crippen LogP contribution in [0.1, 0.15) is 52.9 Å². The Morgan fingerprint density at radius 3 is 1.95 bits per heavy atom. The molecule has 0 radical (unpaired) electrons. The van der Waals surface area contributed by atoms with Crippen LogP contribution in [0.15, 0.2) is 0 Å². The summed E-state index contributed by atoms with van der Waals surface area (Å²) < 4.78 is 0. The number of hydrogen-bond donors (Lipinski definition) is 1. The Balaban J connectivity index is 1.68. The molecule has 2 heteroatoms. The summed E-state index contributed by atoms with van der Waals surface area (Å²) >= 11 is 0. The Bertz CT molecular complexity index is 303. The minimum absolute atomic E-state index is 0.0745. The second kappa shape index (κ2) is 4.73. The van der Waals surface area contributed by atoms with Gasteiger partial charge < -0.3 is 10.6 Å². The second-order valence-electron chi connectivity index (χ2n) is 8.65. The van der Waals surface area contributed by atoms with E-state index in [4.69, 9.17) is 5.73 Å². The van der Waals surface area contributed by atoms with Gasteiger partial charge in [0.2, 0.25) is 0 Å². The predicted octanol–water partition coefficient (Wildman–Crippen LogP) is 3.12. The largest absolute Gasteiger partial charge is 0.324 e. The molecule has 4 fully saturated rings. The summed E-state index contributed by atoms with van der Waals surface area (Å²) in [6.07, 6.45) is 7.67. The van der Waals surface area contributed by atoms with Gasteiger partial charge in [-0.2, -0.15) is 0 Å². The first-order valence-corrected chi connectivity index (χ1v) is 8.32. The molecule has 0 spiro atoms. The maximum Gasteiger partial charge on any atom is 0.0226 e. The summed E-state index contributed by atoms with van der Waals surface area (Å²) in [6.45, 7) is 7.76. The molecule has 0 saturated heterocycles. The molecule has 19 heavy (non-hydrogen) atoms.